The molecule has 19 heavy (non-hydrogen) atoms. The minimum Gasteiger partial charge on any atom is -0.337 e. The van der Waals surface area contributed by atoms with Crippen LogP contribution in [-0.4, -0.2) is 12.8 Å². The predicted molar refractivity (Wildman–Crippen MR) is 70.9 cm³/mol. The van der Waals surface area contributed by atoms with Crippen molar-refractivity contribution < 1.29 is 13.6 Å². The van der Waals surface area contributed by atoms with E-state index in [9.17, 15) is 13.6 Å². The maximum absolute atomic E-state index is 14.0. The van der Waals surface area contributed by atoms with Gasteiger partial charge in [0.05, 0.1) is 0 Å². The van der Waals surface area contributed by atoms with E-state index >= 15 is 0 Å². The maximum Gasteiger partial charge on any atom is 0.150 e. The molecule has 0 aromatic heterocycles. The third-order valence-electron chi connectivity index (χ3n) is 2.83. The Hall–Kier alpha value is -2.23. The molecule has 4 heteroatoms. The first-order valence-corrected chi connectivity index (χ1v) is 5.94. The molecule has 0 saturated heterocycles. The number of anilines is 2. The van der Waals surface area contributed by atoms with Crippen LogP contribution in [0.15, 0.2) is 42.5 Å². The van der Waals surface area contributed by atoms with Crippen molar-refractivity contribution >= 4 is 17.7 Å². The van der Waals surface area contributed by atoms with E-state index in [2.05, 4.69) is 0 Å². The highest BCUT2D eigenvalue weighted by Crippen LogP contribution is 2.30. The van der Waals surface area contributed by atoms with Gasteiger partial charge in [0, 0.05) is 17.8 Å². The van der Waals surface area contributed by atoms with Crippen molar-refractivity contribution in [1.82, 2.24) is 0 Å². The van der Waals surface area contributed by atoms with E-state index in [0.29, 0.717) is 18.5 Å². The zero-order valence-electron chi connectivity index (χ0n) is 10.4. The van der Waals surface area contributed by atoms with Crippen LogP contribution < -0.4 is 4.90 Å². The Morgan fingerprint density at radius 3 is 2.16 bits per heavy atom. The zero-order valence-corrected chi connectivity index (χ0v) is 10.4. The lowest BCUT2D eigenvalue weighted by Gasteiger charge is -2.24. The minimum atomic E-state index is -0.743. The molecule has 0 saturated carbocycles. The van der Waals surface area contributed by atoms with Crippen LogP contribution in [0.2, 0.25) is 0 Å². The number of halogens is 2. The highest BCUT2D eigenvalue weighted by molar-refractivity contribution is 5.77. The quantitative estimate of drug-likeness (QED) is 0.777. The fourth-order valence-corrected chi connectivity index (χ4v) is 1.99. The lowest BCUT2D eigenvalue weighted by Crippen LogP contribution is -2.19. The zero-order chi connectivity index (χ0) is 13.8. The molecule has 0 atom stereocenters. The summed E-state index contributed by atoms with van der Waals surface area (Å²) in [4.78, 5) is 12.1. The standard InChI is InChI=1S/C15H13F2NO/c1-2-18(12-6-4-3-5-7-12)15-13(16)8-11(10-19)9-14(15)17/h3-10H,2H2,1H3. The summed E-state index contributed by atoms with van der Waals surface area (Å²) in [5.74, 6) is -1.49. The molecule has 0 heterocycles. The van der Waals surface area contributed by atoms with Gasteiger partial charge in [-0.25, -0.2) is 8.78 Å². The van der Waals surface area contributed by atoms with Gasteiger partial charge in [0.1, 0.15) is 12.0 Å². The second-order valence-corrected chi connectivity index (χ2v) is 4.03. The molecule has 2 aromatic carbocycles. The third-order valence-corrected chi connectivity index (χ3v) is 2.83. The fraction of sp³-hybridized carbons (Fsp3) is 0.133. The molecule has 0 aliphatic rings. The van der Waals surface area contributed by atoms with Crippen LogP contribution in [0.4, 0.5) is 20.2 Å². The molecule has 0 unspecified atom stereocenters. The first-order valence-electron chi connectivity index (χ1n) is 5.94. The first-order chi connectivity index (χ1) is 9.17. The van der Waals surface area contributed by atoms with Gasteiger partial charge in [0.25, 0.3) is 0 Å². The van der Waals surface area contributed by atoms with Crippen molar-refractivity contribution in [2.24, 2.45) is 0 Å². The van der Waals surface area contributed by atoms with E-state index < -0.39 is 11.6 Å². The Kier molecular flexibility index (Phi) is 3.90. The van der Waals surface area contributed by atoms with Crippen LogP contribution in [-0.2, 0) is 0 Å². The molecule has 0 radical (unpaired) electrons. The van der Waals surface area contributed by atoms with Gasteiger partial charge in [-0.05, 0) is 31.2 Å². The van der Waals surface area contributed by atoms with Gasteiger partial charge < -0.3 is 4.90 Å². The molecule has 2 nitrogen and oxygen atoms in total. The maximum atomic E-state index is 14.0. The summed E-state index contributed by atoms with van der Waals surface area (Å²) in [6, 6.07) is 11.1. The summed E-state index contributed by atoms with van der Waals surface area (Å²) in [6.45, 7) is 2.22. The van der Waals surface area contributed by atoms with Crippen LogP contribution in [0.25, 0.3) is 0 Å². The summed E-state index contributed by atoms with van der Waals surface area (Å²) >= 11 is 0. The van der Waals surface area contributed by atoms with E-state index in [1.54, 1.807) is 31.2 Å². The van der Waals surface area contributed by atoms with Gasteiger partial charge in [-0.15, -0.1) is 0 Å². The molecule has 0 fully saturated rings. The Labute approximate surface area is 110 Å². The van der Waals surface area contributed by atoms with E-state index in [1.807, 2.05) is 6.07 Å². The van der Waals surface area contributed by atoms with E-state index in [1.165, 1.54) is 4.90 Å². The van der Waals surface area contributed by atoms with Gasteiger partial charge in [-0.2, -0.15) is 0 Å². The number of carbonyl (C=O) groups excluding carboxylic acids is 1. The fourth-order valence-electron chi connectivity index (χ4n) is 1.99. The van der Waals surface area contributed by atoms with Crippen LogP contribution in [0.5, 0.6) is 0 Å². The predicted octanol–water partition coefficient (Wildman–Crippen LogP) is 3.94. The lowest BCUT2D eigenvalue weighted by molar-refractivity contribution is 0.112. The summed E-state index contributed by atoms with van der Waals surface area (Å²) in [5.41, 5.74) is 0.545. The number of hydrogen-bond acceptors (Lipinski definition) is 2. The van der Waals surface area contributed by atoms with Gasteiger partial charge in [-0.3, -0.25) is 4.79 Å². The Morgan fingerprint density at radius 2 is 1.68 bits per heavy atom. The van der Waals surface area contributed by atoms with Crippen molar-refractivity contribution in [3.8, 4) is 0 Å². The molecule has 98 valence electrons. The molecule has 0 aliphatic heterocycles. The van der Waals surface area contributed by atoms with Crippen molar-refractivity contribution in [3.05, 3.63) is 59.7 Å². The summed E-state index contributed by atoms with van der Waals surface area (Å²) in [6.07, 6.45) is 0.425. The SMILES string of the molecule is CCN(c1ccccc1)c1c(F)cc(C=O)cc1F. The molecule has 0 aliphatic carbocycles. The van der Waals surface area contributed by atoms with Gasteiger partial charge >= 0.3 is 0 Å². The van der Waals surface area contributed by atoms with E-state index in [0.717, 1.165) is 12.1 Å². The van der Waals surface area contributed by atoms with E-state index in [-0.39, 0.29) is 11.3 Å². The monoisotopic (exact) mass is 261 g/mol. The topological polar surface area (TPSA) is 20.3 Å². The van der Waals surface area contributed by atoms with Crippen LogP contribution in [0.3, 0.4) is 0 Å². The molecule has 2 rings (SSSR count). The van der Waals surface area contributed by atoms with Crippen molar-refractivity contribution in [3.63, 3.8) is 0 Å². The van der Waals surface area contributed by atoms with Gasteiger partial charge in [0.15, 0.2) is 11.6 Å². The number of nitrogens with zero attached hydrogens (tertiary/aromatic N) is 1. The highest BCUT2D eigenvalue weighted by atomic mass is 19.1. The van der Waals surface area contributed by atoms with Crippen molar-refractivity contribution in [1.29, 1.82) is 0 Å². The Balaban J connectivity index is 2.53. The molecule has 0 N–H and O–H groups in total. The number of carbonyl (C=O) groups is 1. The largest absolute Gasteiger partial charge is 0.337 e. The summed E-state index contributed by atoms with van der Waals surface area (Å²) in [7, 11) is 0. The molecule has 0 bridgehead atoms. The molecule has 2 aromatic rings. The highest BCUT2D eigenvalue weighted by Gasteiger charge is 2.18. The average molecular weight is 261 g/mol. The average Bonchev–Trinajstić information content (AvgIpc) is 2.43. The molecular formula is C15H13F2NO. The van der Waals surface area contributed by atoms with Crippen LogP contribution in [0, 0.1) is 11.6 Å². The summed E-state index contributed by atoms with van der Waals surface area (Å²) < 4.78 is 28.0. The Bertz CT molecular complexity index is 561. The molecule has 0 amide bonds. The van der Waals surface area contributed by atoms with Crippen LogP contribution in [0.1, 0.15) is 17.3 Å². The van der Waals surface area contributed by atoms with Crippen LogP contribution >= 0.6 is 0 Å². The number of hydrogen-bond donors (Lipinski definition) is 0. The van der Waals surface area contributed by atoms with Crippen molar-refractivity contribution in [2.75, 3.05) is 11.4 Å². The third kappa shape index (κ3) is 2.62. The lowest BCUT2D eigenvalue weighted by atomic mass is 10.1. The van der Waals surface area contributed by atoms with Gasteiger partial charge in [-0.1, -0.05) is 18.2 Å². The minimum absolute atomic E-state index is 0.0112. The van der Waals surface area contributed by atoms with E-state index in [4.69, 9.17) is 0 Å². The second-order valence-electron chi connectivity index (χ2n) is 4.03. The normalized spacial score (nSPS) is 10.3. The first kappa shape index (κ1) is 13.2. The number of benzene rings is 2. The second kappa shape index (κ2) is 5.61. The summed E-state index contributed by atoms with van der Waals surface area (Å²) in [5, 5.41) is 0. The smallest absolute Gasteiger partial charge is 0.150 e. The number of rotatable bonds is 4. The van der Waals surface area contributed by atoms with Crippen molar-refractivity contribution in [2.45, 2.75) is 6.92 Å². The molecule has 0 spiro atoms. The number of para-hydroxylation sites is 1. The molecular weight excluding hydrogens is 248 g/mol. The van der Waals surface area contributed by atoms with Gasteiger partial charge in [0.2, 0.25) is 0 Å². The number of aldehydes is 1. The Morgan fingerprint density at radius 1 is 1.11 bits per heavy atom.